The summed E-state index contributed by atoms with van der Waals surface area (Å²) >= 11 is 0. The maximum atomic E-state index is 12.5. The molecule has 2 aromatic rings. The van der Waals surface area contributed by atoms with E-state index in [1.54, 1.807) is 0 Å². The molecule has 0 fully saturated rings. The van der Waals surface area contributed by atoms with Gasteiger partial charge in [-0.25, -0.2) is 9.67 Å². The van der Waals surface area contributed by atoms with Crippen molar-refractivity contribution < 1.29 is 31.3 Å². The second kappa shape index (κ2) is 4.96. The number of halogens is 6. The van der Waals surface area contributed by atoms with Gasteiger partial charge in [-0.1, -0.05) is 0 Å². The molecule has 0 aliphatic rings. The normalized spacial score (nSPS) is 12.5. The molecule has 0 aromatic carbocycles. The van der Waals surface area contributed by atoms with Gasteiger partial charge in [-0.15, -0.1) is 0 Å². The second-order valence-corrected chi connectivity index (χ2v) is 3.96. The molecule has 0 aliphatic carbocycles. The van der Waals surface area contributed by atoms with E-state index in [2.05, 4.69) is 10.1 Å². The SMILES string of the molecule is O=[N+]([O-])c1cc(C(F)(F)F)cnc1-n1ccc(C(F)(F)F)n1. The number of pyridine rings is 1. The van der Waals surface area contributed by atoms with Crippen LogP contribution in [0.15, 0.2) is 24.5 Å². The Balaban J connectivity index is 2.56. The predicted molar refractivity (Wildman–Crippen MR) is 58.0 cm³/mol. The van der Waals surface area contributed by atoms with Crippen LogP contribution >= 0.6 is 0 Å². The Kier molecular flexibility index (Phi) is 3.55. The van der Waals surface area contributed by atoms with Crippen molar-refractivity contribution in [3.8, 4) is 5.82 Å². The van der Waals surface area contributed by atoms with E-state index in [0.29, 0.717) is 16.9 Å². The van der Waals surface area contributed by atoms with Crippen LogP contribution in [0.4, 0.5) is 32.0 Å². The number of aromatic nitrogens is 3. The van der Waals surface area contributed by atoms with Crippen LogP contribution in [-0.2, 0) is 12.4 Å². The Bertz CT molecular complexity index is 721. The van der Waals surface area contributed by atoms with E-state index in [-0.39, 0.29) is 12.3 Å². The van der Waals surface area contributed by atoms with Crippen LogP contribution in [0.3, 0.4) is 0 Å². The first-order valence-corrected chi connectivity index (χ1v) is 5.35. The quantitative estimate of drug-likeness (QED) is 0.482. The van der Waals surface area contributed by atoms with Gasteiger partial charge in [0.15, 0.2) is 5.69 Å². The van der Waals surface area contributed by atoms with Crippen molar-refractivity contribution in [2.24, 2.45) is 0 Å². The Hall–Kier alpha value is -2.66. The highest BCUT2D eigenvalue weighted by Crippen LogP contribution is 2.33. The molecule has 0 atom stereocenters. The van der Waals surface area contributed by atoms with E-state index in [9.17, 15) is 36.5 Å². The first-order valence-electron chi connectivity index (χ1n) is 5.35. The fourth-order valence-electron chi connectivity index (χ4n) is 1.50. The van der Waals surface area contributed by atoms with Gasteiger partial charge in [0, 0.05) is 18.5 Å². The molecule has 22 heavy (non-hydrogen) atoms. The van der Waals surface area contributed by atoms with E-state index >= 15 is 0 Å². The van der Waals surface area contributed by atoms with Crippen LogP contribution in [0.5, 0.6) is 0 Å². The van der Waals surface area contributed by atoms with Crippen LogP contribution < -0.4 is 0 Å². The third kappa shape index (κ3) is 2.99. The first-order chi connectivity index (χ1) is 10.00. The number of nitro groups is 1. The molecule has 0 aliphatic heterocycles. The second-order valence-electron chi connectivity index (χ2n) is 3.96. The topological polar surface area (TPSA) is 73.8 Å². The van der Waals surface area contributed by atoms with E-state index in [0.717, 1.165) is 0 Å². The van der Waals surface area contributed by atoms with Gasteiger partial charge in [-0.3, -0.25) is 10.1 Å². The zero-order valence-corrected chi connectivity index (χ0v) is 10.2. The molecule has 0 unspecified atom stereocenters. The minimum absolute atomic E-state index is 0.178. The Labute approximate surface area is 117 Å². The van der Waals surface area contributed by atoms with Gasteiger partial charge in [0.1, 0.15) is 0 Å². The first kappa shape index (κ1) is 15.7. The third-order valence-corrected chi connectivity index (χ3v) is 2.47. The lowest BCUT2D eigenvalue weighted by Gasteiger charge is -2.08. The summed E-state index contributed by atoms with van der Waals surface area (Å²) in [6.07, 6.45) is -8.69. The van der Waals surface area contributed by atoms with Crippen molar-refractivity contribution in [3.63, 3.8) is 0 Å². The van der Waals surface area contributed by atoms with Crippen LogP contribution in [-0.4, -0.2) is 19.7 Å². The van der Waals surface area contributed by atoms with E-state index < -0.39 is 40.0 Å². The van der Waals surface area contributed by atoms with E-state index in [1.165, 1.54) is 0 Å². The molecule has 12 heteroatoms. The molecule has 2 aromatic heterocycles. The Morgan fingerprint density at radius 1 is 1.14 bits per heavy atom. The summed E-state index contributed by atoms with van der Waals surface area (Å²) in [4.78, 5) is 12.8. The Morgan fingerprint density at radius 3 is 2.23 bits per heavy atom. The summed E-state index contributed by atoms with van der Waals surface area (Å²) in [5.74, 6) is -0.756. The molecule has 0 amide bonds. The van der Waals surface area contributed by atoms with E-state index in [4.69, 9.17) is 0 Å². The maximum absolute atomic E-state index is 12.5. The zero-order chi connectivity index (χ0) is 16.7. The van der Waals surface area contributed by atoms with Crippen molar-refractivity contribution in [3.05, 3.63) is 45.9 Å². The van der Waals surface area contributed by atoms with Gasteiger partial charge in [-0.05, 0) is 6.07 Å². The lowest BCUT2D eigenvalue weighted by Crippen LogP contribution is -2.11. The number of rotatable bonds is 2. The molecule has 0 N–H and O–H groups in total. The summed E-state index contributed by atoms with van der Waals surface area (Å²) in [5, 5.41) is 13.8. The molecular formula is C10H4F6N4O2. The highest BCUT2D eigenvalue weighted by molar-refractivity contribution is 5.48. The van der Waals surface area contributed by atoms with Crippen molar-refractivity contribution in [1.82, 2.24) is 14.8 Å². The predicted octanol–water partition coefficient (Wildman–Crippen LogP) is 3.21. The molecule has 0 radical (unpaired) electrons. The molecular weight excluding hydrogens is 322 g/mol. The van der Waals surface area contributed by atoms with Gasteiger partial charge >= 0.3 is 18.0 Å². The third-order valence-electron chi connectivity index (χ3n) is 2.47. The van der Waals surface area contributed by atoms with Crippen molar-refractivity contribution in [1.29, 1.82) is 0 Å². The van der Waals surface area contributed by atoms with Crippen LogP contribution in [0.1, 0.15) is 11.3 Å². The number of nitrogens with zero attached hydrogens (tertiary/aromatic N) is 4. The standard InChI is InChI=1S/C10H4F6N4O2/c11-9(12,13)5-3-6(20(21)22)8(17-4-5)19-2-1-7(18-19)10(14,15)16/h1-4H. The van der Waals surface area contributed by atoms with Crippen molar-refractivity contribution in [2.75, 3.05) is 0 Å². The van der Waals surface area contributed by atoms with Crippen LogP contribution in [0.25, 0.3) is 5.82 Å². The summed E-state index contributed by atoms with van der Waals surface area (Å²) < 4.78 is 75.1. The summed E-state index contributed by atoms with van der Waals surface area (Å²) in [6.45, 7) is 0. The molecule has 0 saturated heterocycles. The minimum atomic E-state index is -4.88. The highest BCUT2D eigenvalue weighted by Gasteiger charge is 2.36. The van der Waals surface area contributed by atoms with Gasteiger partial charge < -0.3 is 0 Å². The Morgan fingerprint density at radius 2 is 1.77 bits per heavy atom. The fourth-order valence-corrected chi connectivity index (χ4v) is 1.50. The van der Waals surface area contributed by atoms with E-state index in [1.807, 2.05) is 0 Å². The smallest absolute Gasteiger partial charge is 0.258 e. The highest BCUT2D eigenvalue weighted by atomic mass is 19.4. The molecule has 0 spiro atoms. The van der Waals surface area contributed by atoms with Gasteiger partial charge in [-0.2, -0.15) is 31.4 Å². The summed E-state index contributed by atoms with van der Waals surface area (Å²) in [7, 11) is 0. The van der Waals surface area contributed by atoms with Gasteiger partial charge in [0.2, 0.25) is 5.82 Å². The average Bonchev–Trinajstić information content (AvgIpc) is 2.86. The molecule has 6 nitrogen and oxygen atoms in total. The lowest BCUT2D eigenvalue weighted by atomic mass is 10.2. The largest absolute Gasteiger partial charge is 0.435 e. The zero-order valence-electron chi connectivity index (χ0n) is 10.2. The maximum Gasteiger partial charge on any atom is 0.435 e. The van der Waals surface area contributed by atoms with Crippen LogP contribution in [0, 0.1) is 10.1 Å². The average molecular weight is 326 g/mol. The lowest BCUT2D eigenvalue weighted by molar-refractivity contribution is -0.385. The number of alkyl halides is 6. The fraction of sp³-hybridized carbons (Fsp3) is 0.200. The minimum Gasteiger partial charge on any atom is -0.258 e. The number of hydrogen-bond acceptors (Lipinski definition) is 4. The monoisotopic (exact) mass is 326 g/mol. The van der Waals surface area contributed by atoms with Crippen LogP contribution in [0.2, 0.25) is 0 Å². The summed E-state index contributed by atoms with van der Waals surface area (Å²) in [5.41, 5.74) is -3.87. The van der Waals surface area contributed by atoms with Crippen molar-refractivity contribution in [2.45, 2.75) is 12.4 Å². The molecule has 0 bridgehead atoms. The molecule has 0 saturated carbocycles. The molecule has 2 rings (SSSR count). The number of hydrogen-bond donors (Lipinski definition) is 0. The summed E-state index contributed by atoms with van der Waals surface area (Å²) in [6, 6.07) is 0.695. The van der Waals surface area contributed by atoms with Crippen molar-refractivity contribution >= 4 is 5.69 Å². The van der Waals surface area contributed by atoms with Gasteiger partial charge in [0.05, 0.1) is 10.5 Å². The molecule has 118 valence electrons. The van der Waals surface area contributed by atoms with Gasteiger partial charge in [0.25, 0.3) is 0 Å². The molecule has 2 heterocycles.